The summed E-state index contributed by atoms with van der Waals surface area (Å²) < 4.78 is 12.8. The van der Waals surface area contributed by atoms with Crippen LogP contribution in [0, 0.1) is 17.1 Å². The van der Waals surface area contributed by atoms with Gasteiger partial charge in [0.25, 0.3) is 0 Å². The summed E-state index contributed by atoms with van der Waals surface area (Å²) in [5, 5.41) is 12.1. The minimum atomic E-state index is -0.219. The first-order chi connectivity index (χ1) is 9.19. The lowest BCUT2D eigenvalue weighted by Gasteiger charge is -2.14. The highest BCUT2D eigenvalue weighted by molar-refractivity contribution is 5.32. The van der Waals surface area contributed by atoms with Crippen LogP contribution in [0.2, 0.25) is 0 Å². The van der Waals surface area contributed by atoms with Crippen molar-refractivity contribution in [2.45, 2.75) is 19.5 Å². The Labute approximate surface area is 112 Å². The predicted octanol–water partition coefficient (Wildman–Crippen LogP) is 3.55. The molecule has 2 rings (SSSR count). The van der Waals surface area contributed by atoms with E-state index in [1.807, 2.05) is 24.3 Å². The third-order valence-electron chi connectivity index (χ3n) is 3.07. The summed E-state index contributed by atoms with van der Waals surface area (Å²) in [6.07, 6.45) is 0. The van der Waals surface area contributed by atoms with Gasteiger partial charge in [-0.05, 0) is 42.3 Å². The molecular weight excluding hydrogens is 239 g/mol. The predicted molar refractivity (Wildman–Crippen MR) is 72.8 cm³/mol. The van der Waals surface area contributed by atoms with Gasteiger partial charge in [-0.3, -0.25) is 0 Å². The third-order valence-corrected chi connectivity index (χ3v) is 3.07. The molecule has 19 heavy (non-hydrogen) atoms. The second-order valence-corrected chi connectivity index (χ2v) is 4.46. The Hall–Kier alpha value is -2.18. The van der Waals surface area contributed by atoms with Gasteiger partial charge in [-0.1, -0.05) is 24.3 Å². The lowest BCUT2D eigenvalue weighted by atomic mass is 10.1. The van der Waals surface area contributed by atoms with Crippen LogP contribution in [0.25, 0.3) is 0 Å². The van der Waals surface area contributed by atoms with E-state index in [2.05, 4.69) is 18.3 Å². The highest BCUT2D eigenvalue weighted by Crippen LogP contribution is 2.14. The Morgan fingerprint density at radius 1 is 1.11 bits per heavy atom. The Bertz CT molecular complexity index is 567. The van der Waals surface area contributed by atoms with Gasteiger partial charge in [-0.25, -0.2) is 4.39 Å². The molecule has 0 saturated heterocycles. The maximum absolute atomic E-state index is 12.8. The van der Waals surface area contributed by atoms with E-state index in [0.29, 0.717) is 12.1 Å². The van der Waals surface area contributed by atoms with Gasteiger partial charge in [0.05, 0.1) is 11.6 Å². The summed E-state index contributed by atoms with van der Waals surface area (Å²) in [5.74, 6) is -0.219. The molecule has 0 unspecified atom stereocenters. The van der Waals surface area contributed by atoms with Gasteiger partial charge < -0.3 is 5.32 Å². The highest BCUT2D eigenvalue weighted by Gasteiger charge is 2.04. The first kappa shape index (κ1) is 13.3. The van der Waals surface area contributed by atoms with Crippen molar-refractivity contribution in [2.75, 3.05) is 0 Å². The zero-order chi connectivity index (χ0) is 13.7. The topological polar surface area (TPSA) is 35.8 Å². The second kappa shape index (κ2) is 6.12. The summed E-state index contributed by atoms with van der Waals surface area (Å²) in [4.78, 5) is 0. The van der Waals surface area contributed by atoms with Crippen molar-refractivity contribution in [3.05, 3.63) is 71.0 Å². The van der Waals surface area contributed by atoms with Gasteiger partial charge in [0.1, 0.15) is 5.82 Å². The number of nitrogens with zero attached hydrogens (tertiary/aromatic N) is 1. The van der Waals surface area contributed by atoms with Crippen LogP contribution in [0.15, 0.2) is 48.5 Å². The van der Waals surface area contributed by atoms with Crippen LogP contribution in [-0.4, -0.2) is 0 Å². The van der Waals surface area contributed by atoms with Crippen LogP contribution in [0.3, 0.4) is 0 Å². The van der Waals surface area contributed by atoms with Crippen molar-refractivity contribution >= 4 is 0 Å². The lowest BCUT2D eigenvalue weighted by Crippen LogP contribution is -2.18. The van der Waals surface area contributed by atoms with Crippen LogP contribution in [0.4, 0.5) is 4.39 Å². The molecule has 0 amide bonds. The Morgan fingerprint density at radius 3 is 2.32 bits per heavy atom. The molecule has 2 aromatic rings. The van der Waals surface area contributed by atoms with Crippen LogP contribution >= 0.6 is 0 Å². The van der Waals surface area contributed by atoms with Gasteiger partial charge >= 0.3 is 0 Å². The van der Waals surface area contributed by atoms with E-state index >= 15 is 0 Å². The van der Waals surface area contributed by atoms with E-state index < -0.39 is 0 Å². The number of nitrogens with one attached hydrogen (secondary N) is 1. The zero-order valence-electron chi connectivity index (χ0n) is 10.7. The standard InChI is InChI=1S/C16H15FN2/c1-12(15-6-2-13(10-18)3-7-15)19-11-14-4-8-16(17)9-5-14/h2-9,12,19H,11H2,1H3/t12-/m1/s1. The largest absolute Gasteiger partial charge is 0.306 e. The van der Waals surface area contributed by atoms with Gasteiger partial charge in [0.2, 0.25) is 0 Å². The number of nitriles is 1. The Morgan fingerprint density at radius 2 is 1.74 bits per heavy atom. The van der Waals surface area contributed by atoms with Gasteiger partial charge in [-0.15, -0.1) is 0 Å². The normalized spacial score (nSPS) is 11.8. The summed E-state index contributed by atoms with van der Waals surface area (Å²) in [6.45, 7) is 2.74. The fraction of sp³-hybridized carbons (Fsp3) is 0.188. The van der Waals surface area contributed by atoms with Gasteiger partial charge in [0.15, 0.2) is 0 Å². The fourth-order valence-electron chi connectivity index (χ4n) is 1.84. The van der Waals surface area contributed by atoms with E-state index in [1.165, 1.54) is 12.1 Å². The molecule has 1 N–H and O–H groups in total. The van der Waals surface area contributed by atoms with E-state index in [-0.39, 0.29) is 11.9 Å². The average molecular weight is 254 g/mol. The smallest absolute Gasteiger partial charge is 0.123 e. The number of halogens is 1. The van der Waals surface area contributed by atoms with Crippen molar-refractivity contribution in [1.29, 1.82) is 5.26 Å². The van der Waals surface area contributed by atoms with Crippen molar-refractivity contribution in [2.24, 2.45) is 0 Å². The number of rotatable bonds is 4. The molecule has 0 bridgehead atoms. The average Bonchev–Trinajstić information content (AvgIpc) is 2.46. The van der Waals surface area contributed by atoms with Crippen LogP contribution in [0.1, 0.15) is 29.7 Å². The quantitative estimate of drug-likeness (QED) is 0.905. The molecule has 3 heteroatoms. The van der Waals surface area contributed by atoms with Gasteiger partial charge in [-0.2, -0.15) is 5.26 Å². The van der Waals surface area contributed by atoms with Crippen LogP contribution in [-0.2, 0) is 6.54 Å². The molecule has 0 radical (unpaired) electrons. The zero-order valence-corrected chi connectivity index (χ0v) is 10.7. The molecule has 0 heterocycles. The molecule has 0 fully saturated rings. The molecule has 0 aliphatic carbocycles. The van der Waals surface area contributed by atoms with E-state index in [1.54, 1.807) is 12.1 Å². The first-order valence-electron chi connectivity index (χ1n) is 6.17. The van der Waals surface area contributed by atoms with Crippen molar-refractivity contribution in [1.82, 2.24) is 5.32 Å². The Kier molecular flexibility index (Phi) is 4.27. The minimum absolute atomic E-state index is 0.179. The minimum Gasteiger partial charge on any atom is -0.306 e. The molecule has 1 atom stereocenters. The highest BCUT2D eigenvalue weighted by atomic mass is 19.1. The third kappa shape index (κ3) is 3.64. The molecule has 2 aromatic carbocycles. The van der Waals surface area contributed by atoms with Crippen molar-refractivity contribution in [3.8, 4) is 6.07 Å². The first-order valence-corrected chi connectivity index (χ1v) is 6.17. The summed E-state index contributed by atoms with van der Waals surface area (Å²) in [7, 11) is 0. The molecule has 0 saturated carbocycles. The molecule has 0 aliphatic rings. The fourth-order valence-corrected chi connectivity index (χ4v) is 1.84. The molecule has 96 valence electrons. The maximum atomic E-state index is 12.8. The molecule has 2 nitrogen and oxygen atoms in total. The van der Waals surface area contributed by atoms with Crippen molar-refractivity contribution < 1.29 is 4.39 Å². The monoisotopic (exact) mass is 254 g/mol. The number of hydrogen-bond acceptors (Lipinski definition) is 2. The summed E-state index contributed by atoms with van der Waals surface area (Å²) in [6, 6.07) is 16.3. The molecule has 0 spiro atoms. The molecule has 0 aromatic heterocycles. The number of benzene rings is 2. The molecular formula is C16H15FN2. The lowest BCUT2D eigenvalue weighted by molar-refractivity contribution is 0.573. The number of hydrogen-bond donors (Lipinski definition) is 1. The van der Waals surface area contributed by atoms with E-state index in [0.717, 1.165) is 11.1 Å². The maximum Gasteiger partial charge on any atom is 0.123 e. The molecule has 0 aliphatic heterocycles. The summed E-state index contributed by atoms with van der Waals surface area (Å²) >= 11 is 0. The van der Waals surface area contributed by atoms with Crippen LogP contribution < -0.4 is 5.32 Å². The van der Waals surface area contributed by atoms with Crippen LogP contribution in [0.5, 0.6) is 0 Å². The van der Waals surface area contributed by atoms with E-state index in [9.17, 15) is 4.39 Å². The van der Waals surface area contributed by atoms with Gasteiger partial charge in [0, 0.05) is 12.6 Å². The Balaban J connectivity index is 1.95. The van der Waals surface area contributed by atoms with Crippen molar-refractivity contribution in [3.63, 3.8) is 0 Å². The second-order valence-electron chi connectivity index (χ2n) is 4.46. The van der Waals surface area contributed by atoms with E-state index in [4.69, 9.17) is 5.26 Å². The summed E-state index contributed by atoms with van der Waals surface area (Å²) in [5.41, 5.74) is 2.83. The SMILES string of the molecule is C[C@@H](NCc1ccc(F)cc1)c1ccc(C#N)cc1.